The molecule has 1 atom stereocenters. The average Bonchev–Trinajstić information content (AvgIpc) is 2.54. The van der Waals surface area contributed by atoms with Gasteiger partial charge in [0.15, 0.2) is 0 Å². The lowest BCUT2D eigenvalue weighted by Gasteiger charge is -2.12. The molecule has 0 aromatic carbocycles. The van der Waals surface area contributed by atoms with Gasteiger partial charge in [-0.05, 0) is 35.7 Å². The zero-order valence-corrected chi connectivity index (χ0v) is 8.74. The molecule has 0 aliphatic rings. The van der Waals surface area contributed by atoms with E-state index in [-0.39, 0.29) is 6.04 Å². The molecule has 0 spiro atoms. The fraction of sp³-hybridized carbons (Fsp3) is 0.400. The fourth-order valence-corrected chi connectivity index (χ4v) is 2.10. The summed E-state index contributed by atoms with van der Waals surface area (Å²) < 4.78 is 0. The van der Waals surface area contributed by atoms with E-state index in [4.69, 9.17) is 5.84 Å². The van der Waals surface area contributed by atoms with Gasteiger partial charge in [-0.3, -0.25) is 11.3 Å². The van der Waals surface area contributed by atoms with Crippen molar-refractivity contribution in [3.05, 3.63) is 21.9 Å². The Kier molecular flexibility index (Phi) is 3.97. The Bertz CT molecular complexity index is 319. The maximum absolute atomic E-state index is 5.46. The molecule has 1 aromatic heterocycles. The number of nitrogens with two attached hydrogens (primary N) is 1. The molecule has 1 heterocycles. The van der Waals surface area contributed by atoms with Crippen molar-refractivity contribution < 1.29 is 0 Å². The summed E-state index contributed by atoms with van der Waals surface area (Å²) in [5.74, 6) is 11.4. The molecule has 0 saturated carbocycles. The Hall–Kier alpha value is -0.820. The number of hydrogen-bond acceptors (Lipinski definition) is 3. The van der Waals surface area contributed by atoms with Gasteiger partial charge in [-0.15, -0.1) is 11.8 Å². The zero-order valence-electron chi connectivity index (χ0n) is 7.92. The molecule has 0 bridgehead atoms. The van der Waals surface area contributed by atoms with Crippen molar-refractivity contribution in [2.24, 2.45) is 5.84 Å². The van der Waals surface area contributed by atoms with Crippen molar-refractivity contribution in [3.8, 4) is 11.8 Å². The highest BCUT2D eigenvalue weighted by Gasteiger charge is 2.10. The van der Waals surface area contributed by atoms with Crippen LogP contribution in [0.2, 0.25) is 0 Å². The molecule has 3 N–H and O–H groups in total. The molecular weight excluding hydrogens is 180 g/mol. The number of nitrogens with one attached hydrogen (secondary N) is 1. The first-order chi connectivity index (χ1) is 6.29. The van der Waals surface area contributed by atoms with E-state index >= 15 is 0 Å². The van der Waals surface area contributed by atoms with Crippen molar-refractivity contribution >= 4 is 11.3 Å². The summed E-state index contributed by atoms with van der Waals surface area (Å²) in [4.78, 5) is 0. The Balaban J connectivity index is 2.76. The van der Waals surface area contributed by atoms with Crippen LogP contribution in [-0.2, 0) is 0 Å². The third-order valence-corrected chi connectivity index (χ3v) is 2.83. The highest BCUT2D eigenvalue weighted by molar-refractivity contribution is 7.08. The van der Waals surface area contributed by atoms with Gasteiger partial charge < -0.3 is 0 Å². The lowest BCUT2D eigenvalue weighted by molar-refractivity contribution is 0.567. The third kappa shape index (κ3) is 2.56. The summed E-state index contributed by atoms with van der Waals surface area (Å²) in [6, 6.07) is 0.165. The van der Waals surface area contributed by atoms with Crippen molar-refractivity contribution in [2.45, 2.75) is 26.3 Å². The van der Waals surface area contributed by atoms with Gasteiger partial charge in [0.25, 0.3) is 0 Å². The van der Waals surface area contributed by atoms with Crippen molar-refractivity contribution in [2.75, 3.05) is 0 Å². The summed E-state index contributed by atoms with van der Waals surface area (Å²) in [5, 5.41) is 4.25. The van der Waals surface area contributed by atoms with Crippen LogP contribution < -0.4 is 11.3 Å². The van der Waals surface area contributed by atoms with E-state index in [1.165, 1.54) is 11.1 Å². The van der Waals surface area contributed by atoms with Crippen LogP contribution in [0.15, 0.2) is 10.8 Å². The maximum Gasteiger partial charge on any atom is 0.0579 e. The van der Waals surface area contributed by atoms with E-state index in [2.05, 4.69) is 35.0 Å². The highest BCUT2D eigenvalue weighted by atomic mass is 32.1. The lowest BCUT2D eigenvalue weighted by Crippen LogP contribution is -2.27. The minimum Gasteiger partial charge on any atom is -0.271 e. The van der Waals surface area contributed by atoms with Crippen LogP contribution in [0, 0.1) is 18.8 Å². The standard InChI is InChI=1S/C10H14N2S/c1-3-4-5-10(12-11)9-7-13-6-8(9)2/h6-7,10,12H,5,11H2,1-2H3. The van der Waals surface area contributed by atoms with Gasteiger partial charge in [0.1, 0.15) is 0 Å². The summed E-state index contributed by atoms with van der Waals surface area (Å²) in [7, 11) is 0. The van der Waals surface area contributed by atoms with Crippen LogP contribution in [0.4, 0.5) is 0 Å². The quantitative estimate of drug-likeness (QED) is 0.438. The lowest BCUT2D eigenvalue weighted by atomic mass is 10.0. The van der Waals surface area contributed by atoms with E-state index in [0.29, 0.717) is 0 Å². The van der Waals surface area contributed by atoms with Gasteiger partial charge in [-0.2, -0.15) is 11.3 Å². The molecule has 70 valence electrons. The Labute approximate surface area is 83.1 Å². The van der Waals surface area contributed by atoms with E-state index in [0.717, 1.165) is 6.42 Å². The fourth-order valence-electron chi connectivity index (χ4n) is 1.19. The topological polar surface area (TPSA) is 38.0 Å². The van der Waals surface area contributed by atoms with Gasteiger partial charge in [0, 0.05) is 6.42 Å². The predicted molar refractivity (Wildman–Crippen MR) is 57.2 cm³/mol. The third-order valence-electron chi connectivity index (χ3n) is 1.95. The minimum absolute atomic E-state index is 0.165. The molecule has 0 fully saturated rings. The predicted octanol–water partition coefficient (Wildman–Crippen LogP) is 1.97. The first-order valence-corrected chi connectivity index (χ1v) is 5.12. The normalized spacial score (nSPS) is 11.9. The number of rotatable bonds is 3. The number of thiophene rings is 1. The Morgan fingerprint density at radius 2 is 2.38 bits per heavy atom. The molecule has 3 heteroatoms. The van der Waals surface area contributed by atoms with Crippen molar-refractivity contribution in [3.63, 3.8) is 0 Å². The second kappa shape index (κ2) is 5.03. The van der Waals surface area contributed by atoms with Crippen LogP contribution >= 0.6 is 11.3 Å². The van der Waals surface area contributed by atoms with Crippen LogP contribution in [-0.4, -0.2) is 0 Å². The Morgan fingerprint density at radius 1 is 1.62 bits per heavy atom. The van der Waals surface area contributed by atoms with Crippen LogP contribution in [0.25, 0.3) is 0 Å². The first-order valence-electron chi connectivity index (χ1n) is 4.18. The van der Waals surface area contributed by atoms with Gasteiger partial charge in [0.2, 0.25) is 0 Å². The summed E-state index contributed by atoms with van der Waals surface area (Å²) in [5.41, 5.74) is 5.33. The second-order valence-electron chi connectivity index (χ2n) is 2.86. The molecule has 1 aromatic rings. The maximum atomic E-state index is 5.46. The average molecular weight is 194 g/mol. The summed E-state index contributed by atoms with van der Waals surface area (Å²) >= 11 is 1.70. The summed E-state index contributed by atoms with van der Waals surface area (Å²) in [6.07, 6.45) is 0.768. The smallest absolute Gasteiger partial charge is 0.0579 e. The van der Waals surface area contributed by atoms with Crippen molar-refractivity contribution in [1.82, 2.24) is 5.43 Å². The summed E-state index contributed by atoms with van der Waals surface area (Å²) in [6.45, 7) is 3.93. The molecule has 13 heavy (non-hydrogen) atoms. The monoisotopic (exact) mass is 194 g/mol. The van der Waals surface area contributed by atoms with Crippen LogP contribution in [0.3, 0.4) is 0 Å². The van der Waals surface area contributed by atoms with Gasteiger partial charge >= 0.3 is 0 Å². The van der Waals surface area contributed by atoms with Crippen molar-refractivity contribution in [1.29, 1.82) is 0 Å². The second-order valence-corrected chi connectivity index (χ2v) is 3.60. The molecule has 0 saturated heterocycles. The van der Waals surface area contributed by atoms with E-state index < -0.39 is 0 Å². The molecule has 0 radical (unpaired) electrons. The Morgan fingerprint density at radius 3 is 2.85 bits per heavy atom. The van der Waals surface area contributed by atoms with E-state index in [1.54, 1.807) is 11.3 Å². The molecule has 1 rings (SSSR count). The molecule has 1 unspecified atom stereocenters. The van der Waals surface area contributed by atoms with Gasteiger partial charge in [-0.25, -0.2) is 0 Å². The molecule has 2 nitrogen and oxygen atoms in total. The number of hydrogen-bond donors (Lipinski definition) is 2. The number of aryl methyl sites for hydroxylation is 1. The van der Waals surface area contributed by atoms with Crippen LogP contribution in [0.1, 0.15) is 30.5 Å². The SMILES string of the molecule is CC#CCC(NN)c1cscc1C. The molecule has 0 aliphatic carbocycles. The zero-order chi connectivity index (χ0) is 9.68. The first kappa shape index (κ1) is 10.3. The van der Waals surface area contributed by atoms with Gasteiger partial charge in [-0.1, -0.05) is 0 Å². The number of hydrazine groups is 1. The van der Waals surface area contributed by atoms with Crippen LogP contribution in [0.5, 0.6) is 0 Å². The van der Waals surface area contributed by atoms with E-state index in [1.807, 2.05) is 6.92 Å². The largest absolute Gasteiger partial charge is 0.271 e. The minimum atomic E-state index is 0.165. The van der Waals surface area contributed by atoms with E-state index in [9.17, 15) is 0 Å². The highest BCUT2D eigenvalue weighted by Crippen LogP contribution is 2.23. The molecule has 0 amide bonds. The molecule has 0 aliphatic heterocycles. The molecular formula is C10H14N2S. The van der Waals surface area contributed by atoms with Gasteiger partial charge in [0.05, 0.1) is 6.04 Å².